The molecule has 1 atom stereocenters. The number of benzene rings is 3. The second-order valence-corrected chi connectivity index (χ2v) is 10.3. The highest BCUT2D eigenvalue weighted by Crippen LogP contribution is 2.35. The van der Waals surface area contributed by atoms with Crippen LogP contribution in [-0.4, -0.2) is 50.8 Å². The van der Waals surface area contributed by atoms with Crippen LogP contribution in [0.15, 0.2) is 78.9 Å². The van der Waals surface area contributed by atoms with Gasteiger partial charge in [-0.05, 0) is 49.1 Å². The largest absolute Gasteiger partial charge is 0.385 e. The summed E-state index contributed by atoms with van der Waals surface area (Å²) in [5.41, 5.74) is 2.66. The molecule has 8 heteroatoms. The molecule has 1 aliphatic rings. The molecule has 0 spiro atoms. The summed E-state index contributed by atoms with van der Waals surface area (Å²) in [5, 5.41) is 23.0. The van der Waals surface area contributed by atoms with Crippen molar-refractivity contribution in [1.29, 1.82) is 0 Å². The highest BCUT2D eigenvalue weighted by atomic mass is 35.5. The van der Waals surface area contributed by atoms with Gasteiger partial charge in [0.1, 0.15) is 11.4 Å². The fraction of sp³-hybridized carbons (Fsp3) is 0.276. The second-order valence-electron chi connectivity index (χ2n) is 9.52. The number of hydrogen-bond donors (Lipinski definition) is 2. The summed E-state index contributed by atoms with van der Waals surface area (Å²) in [6.07, 6.45) is 1.86. The highest BCUT2D eigenvalue weighted by Gasteiger charge is 2.34. The van der Waals surface area contributed by atoms with Gasteiger partial charge in [-0.2, -0.15) is 0 Å². The van der Waals surface area contributed by atoms with Crippen molar-refractivity contribution in [3.63, 3.8) is 0 Å². The van der Waals surface area contributed by atoms with E-state index in [0.717, 1.165) is 29.8 Å². The molecule has 4 aromatic rings. The summed E-state index contributed by atoms with van der Waals surface area (Å²) in [4.78, 5) is 16.2. The number of Topliss-reactive ketones (excluding diaryl/α,β-unsaturated/α-hetero) is 1. The molecule has 37 heavy (non-hydrogen) atoms. The number of hydrogen-bond acceptors (Lipinski definition) is 5. The zero-order valence-electron chi connectivity index (χ0n) is 20.3. The Bertz CT molecular complexity index is 1350. The monoisotopic (exact) mass is 534 g/mol. The molecule has 0 bridgehead atoms. The van der Waals surface area contributed by atoms with Gasteiger partial charge >= 0.3 is 0 Å². The van der Waals surface area contributed by atoms with Gasteiger partial charge in [0.2, 0.25) is 0 Å². The van der Waals surface area contributed by atoms with Crippen molar-refractivity contribution < 1.29 is 9.90 Å². The van der Waals surface area contributed by atoms with E-state index < -0.39 is 11.5 Å². The van der Waals surface area contributed by atoms with Gasteiger partial charge < -0.3 is 10.0 Å². The van der Waals surface area contributed by atoms with Gasteiger partial charge in [-0.25, -0.2) is 0 Å². The summed E-state index contributed by atoms with van der Waals surface area (Å²) < 4.78 is 0. The van der Waals surface area contributed by atoms with E-state index in [1.807, 2.05) is 66.7 Å². The van der Waals surface area contributed by atoms with E-state index in [-0.39, 0.29) is 5.78 Å². The molecule has 1 unspecified atom stereocenters. The first-order valence-electron chi connectivity index (χ1n) is 12.4. The predicted octanol–water partition coefficient (Wildman–Crippen LogP) is 6.12. The first kappa shape index (κ1) is 25.6. The lowest BCUT2D eigenvalue weighted by molar-refractivity contribution is -0.0262. The third-order valence-electron chi connectivity index (χ3n) is 7.23. The number of aromatic nitrogens is 3. The molecule has 0 saturated carbocycles. The van der Waals surface area contributed by atoms with Crippen LogP contribution in [0.1, 0.15) is 46.8 Å². The van der Waals surface area contributed by atoms with Crippen LogP contribution in [0.2, 0.25) is 10.0 Å². The number of piperidine rings is 1. The van der Waals surface area contributed by atoms with Crippen LogP contribution in [0, 0.1) is 0 Å². The molecule has 1 saturated heterocycles. The predicted molar refractivity (Wildman–Crippen MR) is 146 cm³/mol. The Morgan fingerprint density at radius 1 is 0.973 bits per heavy atom. The Hall–Kier alpha value is -3.03. The maximum absolute atomic E-state index is 13.9. The number of halogens is 2. The third kappa shape index (κ3) is 5.63. The summed E-state index contributed by atoms with van der Waals surface area (Å²) in [5.74, 6) is -0.561. The Kier molecular flexibility index (Phi) is 7.72. The van der Waals surface area contributed by atoms with E-state index in [1.165, 1.54) is 0 Å². The number of nitrogens with one attached hydrogen (secondary N) is 1. The molecule has 1 aliphatic heterocycles. The molecule has 3 aromatic carbocycles. The Balaban J connectivity index is 1.35. The van der Waals surface area contributed by atoms with Crippen molar-refractivity contribution in [2.75, 3.05) is 19.6 Å². The Labute approximate surface area is 226 Å². The zero-order valence-corrected chi connectivity index (χ0v) is 21.8. The van der Waals surface area contributed by atoms with Crippen molar-refractivity contribution in [1.82, 2.24) is 20.3 Å². The van der Waals surface area contributed by atoms with E-state index in [9.17, 15) is 9.90 Å². The lowest BCUT2D eigenvalue weighted by Crippen LogP contribution is -2.43. The lowest BCUT2D eigenvalue weighted by Gasteiger charge is -2.39. The first-order valence-corrected chi connectivity index (χ1v) is 13.2. The number of carbonyl (C=O) groups is 1. The van der Waals surface area contributed by atoms with Crippen LogP contribution >= 0.6 is 23.2 Å². The van der Waals surface area contributed by atoms with Crippen LogP contribution < -0.4 is 0 Å². The van der Waals surface area contributed by atoms with E-state index in [0.29, 0.717) is 47.2 Å². The van der Waals surface area contributed by atoms with Gasteiger partial charge in [0.25, 0.3) is 0 Å². The average molecular weight is 535 g/mol. The first-order chi connectivity index (χ1) is 17.9. The number of aromatic amines is 1. The van der Waals surface area contributed by atoms with Gasteiger partial charge in [0.15, 0.2) is 5.78 Å². The minimum absolute atomic E-state index is 0.0972. The van der Waals surface area contributed by atoms with Crippen LogP contribution in [-0.2, 0) is 5.60 Å². The van der Waals surface area contributed by atoms with Crippen molar-refractivity contribution in [3.05, 3.63) is 106 Å². The van der Waals surface area contributed by atoms with E-state index >= 15 is 0 Å². The van der Waals surface area contributed by atoms with E-state index in [4.69, 9.17) is 23.2 Å². The number of carbonyl (C=O) groups excluding carboxylic acids is 1. The molecule has 1 fully saturated rings. The number of H-pyrrole nitrogens is 1. The normalized spacial score (nSPS) is 16.4. The fourth-order valence-electron chi connectivity index (χ4n) is 5.05. The van der Waals surface area contributed by atoms with Crippen molar-refractivity contribution in [2.24, 2.45) is 0 Å². The van der Waals surface area contributed by atoms with E-state index in [1.54, 1.807) is 12.1 Å². The van der Waals surface area contributed by atoms with Gasteiger partial charge in [-0.3, -0.25) is 9.89 Å². The quantitative estimate of drug-likeness (QED) is 0.266. The average Bonchev–Trinajstić information content (AvgIpc) is 3.43. The number of likely N-dealkylation sites (tertiary alicyclic amines) is 1. The lowest BCUT2D eigenvalue weighted by atomic mass is 9.84. The standard InChI is InChI=1S/C29H28Cl2N4O2/c30-24-12-11-21(19-25(24)31)23(28(36)27-26(32-34-33-27)20-7-3-1-4-8-20)13-16-35-17-14-29(37,15-18-35)22-9-5-2-6-10-22/h1-12,19,23,37H,13-18H2,(H,32,33,34). The van der Waals surface area contributed by atoms with E-state index in [2.05, 4.69) is 20.3 Å². The van der Waals surface area contributed by atoms with Crippen LogP contribution in [0.3, 0.4) is 0 Å². The molecular formula is C29H28Cl2N4O2. The number of ketones is 1. The van der Waals surface area contributed by atoms with Gasteiger partial charge in [0.05, 0.1) is 21.6 Å². The maximum Gasteiger partial charge on any atom is 0.190 e. The molecule has 2 heterocycles. The fourth-order valence-corrected chi connectivity index (χ4v) is 5.35. The summed E-state index contributed by atoms with van der Waals surface area (Å²) in [6.45, 7) is 2.19. The molecule has 0 amide bonds. The zero-order chi connectivity index (χ0) is 25.8. The summed E-state index contributed by atoms with van der Waals surface area (Å²) in [7, 11) is 0. The minimum atomic E-state index is -0.817. The third-order valence-corrected chi connectivity index (χ3v) is 7.97. The molecule has 6 nitrogen and oxygen atoms in total. The molecule has 1 aromatic heterocycles. The summed E-state index contributed by atoms with van der Waals surface area (Å²) >= 11 is 12.5. The minimum Gasteiger partial charge on any atom is -0.385 e. The molecule has 2 N–H and O–H groups in total. The number of rotatable bonds is 8. The molecule has 0 radical (unpaired) electrons. The van der Waals surface area contributed by atoms with Crippen molar-refractivity contribution >= 4 is 29.0 Å². The van der Waals surface area contributed by atoms with Crippen molar-refractivity contribution in [3.8, 4) is 11.3 Å². The molecule has 5 rings (SSSR count). The second kappa shape index (κ2) is 11.2. The van der Waals surface area contributed by atoms with Gasteiger partial charge in [0, 0.05) is 18.7 Å². The maximum atomic E-state index is 13.9. The number of aliphatic hydroxyl groups is 1. The van der Waals surface area contributed by atoms with Crippen LogP contribution in [0.5, 0.6) is 0 Å². The van der Waals surface area contributed by atoms with Gasteiger partial charge in [-0.15, -0.1) is 5.10 Å². The topological polar surface area (TPSA) is 82.1 Å². The van der Waals surface area contributed by atoms with Crippen molar-refractivity contribution in [2.45, 2.75) is 30.8 Å². The van der Waals surface area contributed by atoms with Crippen LogP contribution in [0.4, 0.5) is 0 Å². The van der Waals surface area contributed by atoms with Gasteiger partial charge in [-0.1, -0.05) is 95.1 Å². The Morgan fingerprint density at radius 2 is 1.65 bits per heavy atom. The Morgan fingerprint density at radius 3 is 2.32 bits per heavy atom. The molecule has 0 aliphatic carbocycles. The highest BCUT2D eigenvalue weighted by molar-refractivity contribution is 6.42. The molecule has 190 valence electrons. The summed E-state index contributed by atoms with van der Waals surface area (Å²) in [6, 6.07) is 24.7. The SMILES string of the molecule is O=C(c1[nH]nnc1-c1ccccc1)C(CCN1CCC(O)(c2ccccc2)CC1)c1ccc(Cl)c(Cl)c1. The molecular weight excluding hydrogens is 507 g/mol. The van der Waals surface area contributed by atoms with Crippen LogP contribution in [0.25, 0.3) is 11.3 Å². The smallest absolute Gasteiger partial charge is 0.190 e. The number of nitrogens with zero attached hydrogens (tertiary/aromatic N) is 3.